The summed E-state index contributed by atoms with van der Waals surface area (Å²) in [4.78, 5) is 0. The second kappa shape index (κ2) is 2.30. The Morgan fingerprint density at radius 1 is 1.50 bits per heavy atom. The van der Waals surface area contributed by atoms with E-state index in [1.807, 2.05) is 0 Å². The van der Waals surface area contributed by atoms with Crippen LogP contribution < -0.4 is 0 Å². The van der Waals surface area contributed by atoms with E-state index in [2.05, 4.69) is 13.5 Å². The topological polar surface area (TPSA) is 18.5 Å². The van der Waals surface area contributed by atoms with Gasteiger partial charge in [-0.1, -0.05) is 13.3 Å². The molecule has 0 N–H and O–H groups in total. The van der Waals surface area contributed by atoms with Crippen molar-refractivity contribution in [1.82, 2.24) is 0 Å². The second-order valence-electron chi connectivity index (χ2n) is 2.29. The van der Waals surface area contributed by atoms with Crippen molar-refractivity contribution >= 4 is 18.6 Å². The molecule has 0 aromatic heterocycles. The van der Waals surface area contributed by atoms with Crippen molar-refractivity contribution < 1.29 is 8.23 Å². The van der Waals surface area contributed by atoms with Crippen LogP contribution in [-0.2, 0) is 8.23 Å². The Morgan fingerprint density at radius 2 is 2.12 bits per heavy atom. The molecule has 0 radical (unpaired) electrons. The zero-order valence-corrected chi connectivity index (χ0v) is 7.85. The van der Waals surface area contributed by atoms with Crippen molar-refractivity contribution in [3.63, 3.8) is 0 Å². The van der Waals surface area contributed by atoms with E-state index < -0.39 is 18.6 Å². The maximum absolute atomic E-state index is 5.41. The molecule has 1 aliphatic heterocycles. The molecular weight excluding hydrogens is 136 g/mol. The van der Waals surface area contributed by atoms with E-state index in [9.17, 15) is 0 Å². The van der Waals surface area contributed by atoms with Crippen molar-refractivity contribution in [2.75, 3.05) is 0 Å². The molecule has 0 amide bonds. The first-order valence-electron chi connectivity index (χ1n) is 3.05. The molecule has 0 atom stereocenters. The first kappa shape index (κ1) is 6.47. The standard InChI is InChI=1S/C4H12O2Si2/c1-3-4-8(2)5-7-6-8/h3-4,7H2,1-2H3. The van der Waals surface area contributed by atoms with Crippen LogP contribution in [0.4, 0.5) is 0 Å². The van der Waals surface area contributed by atoms with Crippen LogP contribution >= 0.6 is 0 Å². The maximum Gasteiger partial charge on any atom is 0.316 e. The van der Waals surface area contributed by atoms with Crippen LogP contribution in [0.25, 0.3) is 0 Å². The molecule has 0 spiro atoms. The predicted octanol–water partition coefficient (Wildman–Crippen LogP) is 0.514. The minimum Gasteiger partial charge on any atom is -0.420 e. The van der Waals surface area contributed by atoms with Crippen molar-refractivity contribution in [1.29, 1.82) is 0 Å². The molecule has 0 bridgehead atoms. The van der Waals surface area contributed by atoms with Gasteiger partial charge in [0.25, 0.3) is 10.0 Å². The van der Waals surface area contributed by atoms with Crippen molar-refractivity contribution in [2.24, 2.45) is 0 Å². The highest BCUT2D eigenvalue weighted by Crippen LogP contribution is 2.21. The molecule has 1 fully saturated rings. The third-order valence-corrected chi connectivity index (χ3v) is 8.67. The number of hydrogen-bond acceptors (Lipinski definition) is 2. The quantitative estimate of drug-likeness (QED) is 0.531. The monoisotopic (exact) mass is 148 g/mol. The normalized spacial score (nSPS) is 39.8. The maximum atomic E-state index is 5.41. The molecule has 1 aliphatic rings. The van der Waals surface area contributed by atoms with Gasteiger partial charge in [-0.2, -0.15) is 0 Å². The summed E-state index contributed by atoms with van der Waals surface area (Å²) in [5.74, 6) is 0. The molecule has 2 nitrogen and oxygen atoms in total. The van der Waals surface area contributed by atoms with Gasteiger partial charge in [-0.05, 0) is 12.6 Å². The fraction of sp³-hybridized carbons (Fsp3) is 1.00. The molecule has 1 saturated heterocycles. The van der Waals surface area contributed by atoms with Crippen molar-refractivity contribution in [2.45, 2.75) is 25.9 Å². The Kier molecular flexibility index (Phi) is 1.86. The van der Waals surface area contributed by atoms with E-state index >= 15 is 0 Å². The molecule has 0 aromatic carbocycles. The molecule has 8 heavy (non-hydrogen) atoms. The summed E-state index contributed by atoms with van der Waals surface area (Å²) in [6, 6.07) is 1.18. The third kappa shape index (κ3) is 1.19. The fourth-order valence-electron chi connectivity index (χ4n) is 0.859. The van der Waals surface area contributed by atoms with Crippen LogP contribution in [0, 0.1) is 0 Å². The van der Waals surface area contributed by atoms with Gasteiger partial charge in [0, 0.05) is 0 Å². The Labute approximate surface area is 53.5 Å². The summed E-state index contributed by atoms with van der Waals surface area (Å²) in [7, 11) is -1.89. The van der Waals surface area contributed by atoms with E-state index in [1.54, 1.807) is 0 Å². The Morgan fingerprint density at radius 3 is 2.25 bits per heavy atom. The third-order valence-electron chi connectivity index (χ3n) is 1.43. The van der Waals surface area contributed by atoms with Crippen LogP contribution in [0.1, 0.15) is 13.3 Å². The molecule has 0 unspecified atom stereocenters. The van der Waals surface area contributed by atoms with Gasteiger partial charge in [0.1, 0.15) is 0 Å². The van der Waals surface area contributed by atoms with Gasteiger partial charge in [-0.3, -0.25) is 0 Å². The molecular formula is C4H12O2Si2. The van der Waals surface area contributed by atoms with Crippen LogP contribution in [0.5, 0.6) is 0 Å². The minimum atomic E-state index is -1.43. The van der Waals surface area contributed by atoms with Gasteiger partial charge >= 0.3 is 8.56 Å². The van der Waals surface area contributed by atoms with E-state index in [-0.39, 0.29) is 0 Å². The van der Waals surface area contributed by atoms with E-state index in [1.165, 1.54) is 12.5 Å². The summed E-state index contributed by atoms with van der Waals surface area (Å²) >= 11 is 0. The lowest BCUT2D eigenvalue weighted by Gasteiger charge is -2.36. The van der Waals surface area contributed by atoms with Gasteiger partial charge in [0.05, 0.1) is 0 Å². The summed E-state index contributed by atoms with van der Waals surface area (Å²) in [5, 5.41) is 0. The summed E-state index contributed by atoms with van der Waals surface area (Å²) in [5.41, 5.74) is 0. The number of rotatable bonds is 2. The molecule has 48 valence electrons. The summed E-state index contributed by atoms with van der Waals surface area (Å²) < 4.78 is 10.8. The van der Waals surface area contributed by atoms with E-state index in [0.29, 0.717) is 0 Å². The zero-order chi connectivity index (χ0) is 6.04. The van der Waals surface area contributed by atoms with Crippen LogP contribution in [0.15, 0.2) is 0 Å². The molecule has 1 rings (SSSR count). The molecule has 0 saturated carbocycles. The molecule has 1 heterocycles. The Bertz CT molecular complexity index is 82.1. The average molecular weight is 148 g/mol. The van der Waals surface area contributed by atoms with Gasteiger partial charge in [-0.15, -0.1) is 0 Å². The van der Waals surface area contributed by atoms with Crippen LogP contribution in [0.3, 0.4) is 0 Å². The fourth-order valence-corrected chi connectivity index (χ4v) is 5.00. The van der Waals surface area contributed by atoms with Crippen molar-refractivity contribution in [3.05, 3.63) is 0 Å². The first-order valence-corrected chi connectivity index (χ1v) is 6.72. The van der Waals surface area contributed by atoms with Gasteiger partial charge in [0.15, 0.2) is 0 Å². The average Bonchev–Trinajstić information content (AvgIpc) is 1.64. The highest BCUT2D eigenvalue weighted by molar-refractivity contribution is 6.79. The van der Waals surface area contributed by atoms with Crippen molar-refractivity contribution in [3.8, 4) is 0 Å². The van der Waals surface area contributed by atoms with E-state index in [0.717, 1.165) is 0 Å². The SMILES string of the molecule is CCC[Si]1(C)O[SiH2]O1. The van der Waals surface area contributed by atoms with Gasteiger partial charge in [0.2, 0.25) is 0 Å². The van der Waals surface area contributed by atoms with Crippen LogP contribution in [0.2, 0.25) is 12.6 Å². The lowest BCUT2D eigenvalue weighted by molar-refractivity contribution is 0.279. The molecule has 0 aliphatic carbocycles. The highest BCUT2D eigenvalue weighted by Gasteiger charge is 2.37. The van der Waals surface area contributed by atoms with Gasteiger partial charge < -0.3 is 8.23 Å². The van der Waals surface area contributed by atoms with Crippen LogP contribution in [-0.4, -0.2) is 18.6 Å². The predicted molar refractivity (Wildman–Crippen MR) is 37.4 cm³/mol. The highest BCUT2D eigenvalue weighted by atomic mass is 28.5. The Balaban J connectivity index is 2.20. The zero-order valence-electron chi connectivity index (χ0n) is 5.44. The van der Waals surface area contributed by atoms with E-state index in [4.69, 9.17) is 8.23 Å². The summed E-state index contributed by atoms with van der Waals surface area (Å²) in [6.45, 7) is 4.32. The minimum absolute atomic E-state index is 0.458. The summed E-state index contributed by atoms with van der Waals surface area (Å²) in [6.07, 6.45) is 1.21. The molecule has 0 aromatic rings. The lowest BCUT2D eigenvalue weighted by Crippen LogP contribution is -2.51. The largest absolute Gasteiger partial charge is 0.420 e. The smallest absolute Gasteiger partial charge is 0.316 e. The first-order chi connectivity index (χ1) is 3.77. The number of hydrogen-bond donors (Lipinski definition) is 0. The van der Waals surface area contributed by atoms with Gasteiger partial charge in [-0.25, -0.2) is 0 Å². The second-order valence-corrected chi connectivity index (χ2v) is 7.60. The lowest BCUT2D eigenvalue weighted by atomic mass is 10.6. The Hall–Kier alpha value is 0.354. The molecule has 4 heteroatoms.